The number of hydrogen-bond donors (Lipinski definition) is 1. The number of halogens is 2. The second-order valence-electron chi connectivity index (χ2n) is 4.43. The number of nitrogens with two attached hydrogens (primary N) is 1. The molecule has 1 nitrogen and oxygen atoms in total. The summed E-state index contributed by atoms with van der Waals surface area (Å²) < 4.78 is 27.3. The maximum absolute atomic E-state index is 13.7. The van der Waals surface area contributed by atoms with Crippen molar-refractivity contribution in [3.8, 4) is 0 Å². The van der Waals surface area contributed by atoms with Crippen LogP contribution in [0, 0.1) is 0 Å². The average Bonchev–Trinajstić information content (AvgIpc) is 2.96. The molecule has 0 atom stereocenters. The number of hydrogen-bond acceptors (Lipinski definition) is 1. The summed E-state index contributed by atoms with van der Waals surface area (Å²) in [4.78, 5) is 0. The Hall–Kier alpha value is -0.960. The lowest BCUT2D eigenvalue weighted by atomic mass is 10.0. The Morgan fingerprint density at radius 3 is 2.33 bits per heavy atom. The Labute approximate surface area is 88.3 Å². The van der Waals surface area contributed by atoms with Gasteiger partial charge in [0.15, 0.2) is 0 Å². The minimum Gasteiger partial charge on any atom is -0.325 e. The van der Waals surface area contributed by atoms with Crippen LogP contribution < -0.4 is 5.73 Å². The summed E-state index contributed by atoms with van der Waals surface area (Å²) in [6.07, 6.45) is 2.04. The van der Waals surface area contributed by atoms with Crippen molar-refractivity contribution < 1.29 is 8.78 Å². The molecule has 0 heterocycles. The average molecular weight is 211 g/mol. The smallest absolute Gasteiger partial charge is 0.273 e. The summed E-state index contributed by atoms with van der Waals surface area (Å²) in [5, 5.41) is 0. The van der Waals surface area contributed by atoms with Crippen molar-refractivity contribution in [2.24, 2.45) is 5.73 Å². The minimum atomic E-state index is -2.74. The van der Waals surface area contributed by atoms with E-state index in [9.17, 15) is 8.78 Å². The minimum absolute atomic E-state index is 0.0919. The molecular formula is C12H15F2N. The fraction of sp³-hybridized carbons (Fsp3) is 0.500. The van der Waals surface area contributed by atoms with E-state index in [1.807, 2.05) is 0 Å². The first kappa shape index (κ1) is 10.6. The Kier molecular flexibility index (Phi) is 2.51. The Morgan fingerprint density at radius 1 is 1.20 bits per heavy atom. The van der Waals surface area contributed by atoms with Gasteiger partial charge in [-0.3, -0.25) is 0 Å². The molecule has 1 aliphatic carbocycles. The lowest BCUT2D eigenvalue weighted by Gasteiger charge is -2.18. The van der Waals surface area contributed by atoms with E-state index in [1.54, 1.807) is 18.2 Å². The van der Waals surface area contributed by atoms with Crippen molar-refractivity contribution in [1.82, 2.24) is 0 Å². The van der Waals surface area contributed by atoms with Gasteiger partial charge in [-0.05, 0) is 19.3 Å². The normalized spacial score (nSPS) is 18.9. The van der Waals surface area contributed by atoms with Crippen molar-refractivity contribution in [3.05, 3.63) is 35.9 Å². The monoisotopic (exact) mass is 211 g/mol. The third-order valence-electron chi connectivity index (χ3n) is 3.03. The first-order valence-corrected chi connectivity index (χ1v) is 5.24. The van der Waals surface area contributed by atoms with Gasteiger partial charge in [-0.1, -0.05) is 30.3 Å². The first-order valence-electron chi connectivity index (χ1n) is 5.24. The lowest BCUT2D eigenvalue weighted by molar-refractivity contribution is -0.0175. The van der Waals surface area contributed by atoms with E-state index >= 15 is 0 Å². The second kappa shape index (κ2) is 3.56. The summed E-state index contributed by atoms with van der Waals surface area (Å²) in [6, 6.07) is 7.95. The highest BCUT2D eigenvalue weighted by Crippen LogP contribution is 2.42. The number of rotatable bonds is 4. The summed E-state index contributed by atoms with van der Waals surface area (Å²) in [5.74, 6) is -2.74. The molecular weight excluding hydrogens is 196 g/mol. The van der Waals surface area contributed by atoms with Crippen molar-refractivity contribution in [2.75, 3.05) is 0 Å². The molecule has 15 heavy (non-hydrogen) atoms. The van der Waals surface area contributed by atoms with Crippen molar-refractivity contribution >= 4 is 0 Å². The molecule has 0 spiro atoms. The summed E-state index contributed by atoms with van der Waals surface area (Å²) in [6.45, 7) is 0. The summed E-state index contributed by atoms with van der Waals surface area (Å²) in [5.41, 5.74) is 5.60. The zero-order valence-electron chi connectivity index (χ0n) is 8.55. The fourth-order valence-electron chi connectivity index (χ4n) is 1.64. The van der Waals surface area contributed by atoms with Crippen LogP contribution in [0.15, 0.2) is 30.3 Å². The van der Waals surface area contributed by atoms with Crippen LogP contribution in [0.3, 0.4) is 0 Å². The molecule has 0 bridgehead atoms. The molecule has 1 saturated carbocycles. The Balaban J connectivity index is 2.00. The molecule has 0 aromatic heterocycles. The van der Waals surface area contributed by atoms with Gasteiger partial charge >= 0.3 is 0 Å². The predicted molar refractivity (Wildman–Crippen MR) is 55.7 cm³/mol. The maximum Gasteiger partial charge on any atom is 0.273 e. The van der Waals surface area contributed by atoms with Gasteiger partial charge in [-0.25, -0.2) is 8.78 Å². The molecule has 1 aromatic rings. The Morgan fingerprint density at radius 2 is 1.80 bits per heavy atom. The van der Waals surface area contributed by atoms with Crippen LogP contribution in [-0.4, -0.2) is 5.54 Å². The molecule has 3 heteroatoms. The van der Waals surface area contributed by atoms with E-state index in [-0.39, 0.29) is 17.5 Å². The molecule has 0 radical (unpaired) electrons. The van der Waals surface area contributed by atoms with Gasteiger partial charge in [0.1, 0.15) is 0 Å². The highest BCUT2D eigenvalue weighted by atomic mass is 19.3. The van der Waals surface area contributed by atoms with Crippen LogP contribution in [0.2, 0.25) is 0 Å². The van der Waals surface area contributed by atoms with Crippen LogP contribution in [0.4, 0.5) is 8.78 Å². The van der Waals surface area contributed by atoms with Gasteiger partial charge in [0.05, 0.1) is 0 Å². The van der Waals surface area contributed by atoms with Crippen molar-refractivity contribution in [3.63, 3.8) is 0 Å². The highest BCUT2D eigenvalue weighted by molar-refractivity contribution is 5.20. The van der Waals surface area contributed by atoms with Crippen molar-refractivity contribution in [1.29, 1.82) is 0 Å². The number of benzene rings is 1. The van der Waals surface area contributed by atoms with E-state index in [0.717, 1.165) is 12.8 Å². The largest absolute Gasteiger partial charge is 0.325 e. The van der Waals surface area contributed by atoms with Gasteiger partial charge in [-0.15, -0.1) is 0 Å². The lowest BCUT2D eigenvalue weighted by Crippen LogP contribution is -2.25. The van der Waals surface area contributed by atoms with E-state index < -0.39 is 5.92 Å². The van der Waals surface area contributed by atoms with E-state index in [4.69, 9.17) is 5.73 Å². The van der Waals surface area contributed by atoms with Crippen LogP contribution in [0.1, 0.15) is 31.2 Å². The predicted octanol–water partition coefficient (Wildman–Crippen LogP) is 3.05. The zero-order valence-corrected chi connectivity index (χ0v) is 8.55. The van der Waals surface area contributed by atoms with Gasteiger partial charge in [0.25, 0.3) is 5.92 Å². The third-order valence-corrected chi connectivity index (χ3v) is 3.03. The zero-order chi connectivity index (χ0) is 10.9. The summed E-state index contributed by atoms with van der Waals surface area (Å²) in [7, 11) is 0. The standard InChI is InChI=1S/C12H15F2N/c13-12(14,9-8-11(15)6-7-11)10-4-2-1-3-5-10/h1-5H,6-9,15H2. The molecule has 0 saturated heterocycles. The molecule has 1 aliphatic rings. The molecule has 0 amide bonds. The van der Waals surface area contributed by atoms with Gasteiger partial charge in [-0.2, -0.15) is 0 Å². The number of alkyl halides is 2. The van der Waals surface area contributed by atoms with Crippen molar-refractivity contribution in [2.45, 2.75) is 37.1 Å². The van der Waals surface area contributed by atoms with Gasteiger partial charge in [0.2, 0.25) is 0 Å². The quantitative estimate of drug-likeness (QED) is 0.813. The topological polar surface area (TPSA) is 26.0 Å². The molecule has 0 aliphatic heterocycles. The van der Waals surface area contributed by atoms with Crippen LogP contribution in [0.25, 0.3) is 0 Å². The SMILES string of the molecule is NC1(CCC(F)(F)c2ccccc2)CC1. The fourth-order valence-corrected chi connectivity index (χ4v) is 1.64. The molecule has 2 N–H and O–H groups in total. The summed E-state index contributed by atoms with van der Waals surface area (Å²) >= 11 is 0. The molecule has 1 fully saturated rings. The van der Waals surface area contributed by atoms with E-state index in [1.165, 1.54) is 12.1 Å². The van der Waals surface area contributed by atoms with E-state index in [0.29, 0.717) is 6.42 Å². The van der Waals surface area contributed by atoms with Crippen LogP contribution >= 0.6 is 0 Å². The third kappa shape index (κ3) is 2.53. The van der Waals surface area contributed by atoms with Crippen LogP contribution in [-0.2, 0) is 5.92 Å². The molecule has 1 aromatic carbocycles. The Bertz CT molecular complexity index is 331. The maximum atomic E-state index is 13.7. The second-order valence-corrected chi connectivity index (χ2v) is 4.43. The van der Waals surface area contributed by atoms with Gasteiger partial charge < -0.3 is 5.73 Å². The van der Waals surface area contributed by atoms with Crippen LogP contribution in [0.5, 0.6) is 0 Å². The first-order chi connectivity index (χ1) is 7.02. The van der Waals surface area contributed by atoms with Gasteiger partial charge in [0, 0.05) is 17.5 Å². The van der Waals surface area contributed by atoms with E-state index in [2.05, 4.69) is 0 Å². The molecule has 2 rings (SSSR count). The molecule has 82 valence electrons. The molecule has 0 unspecified atom stereocenters. The highest BCUT2D eigenvalue weighted by Gasteiger charge is 2.42.